The summed E-state index contributed by atoms with van der Waals surface area (Å²) in [5, 5.41) is 0. The van der Waals surface area contributed by atoms with Gasteiger partial charge in [-0.1, -0.05) is 19.9 Å². The number of carbonyl (C=O) groups is 1. The molecule has 1 aromatic carbocycles. The Balaban J connectivity index is 2.78. The van der Waals surface area contributed by atoms with Crippen LogP contribution in [0.1, 0.15) is 37.0 Å². The third kappa shape index (κ3) is 3.86. The third-order valence-corrected chi connectivity index (χ3v) is 2.95. The average molecular weight is 258 g/mol. The highest BCUT2D eigenvalue weighted by molar-refractivity contribution is 5.80. The number of ketones is 1. The molecule has 0 atom stereocenters. The molecule has 0 aromatic heterocycles. The SMILES string of the molecule is Cc1cc(C(F)(F)F)ccc1CCC(=O)C(C)C. The van der Waals surface area contributed by atoms with Gasteiger partial charge in [0, 0.05) is 12.3 Å². The van der Waals surface area contributed by atoms with Crippen LogP contribution in [0.5, 0.6) is 0 Å². The van der Waals surface area contributed by atoms with E-state index in [1.165, 1.54) is 6.07 Å². The smallest absolute Gasteiger partial charge is 0.299 e. The van der Waals surface area contributed by atoms with Crippen LogP contribution in [0.15, 0.2) is 18.2 Å². The number of rotatable bonds is 4. The molecule has 0 aliphatic heterocycles. The van der Waals surface area contributed by atoms with Gasteiger partial charge in [-0.25, -0.2) is 0 Å². The minimum absolute atomic E-state index is 0.0280. The number of halogens is 3. The van der Waals surface area contributed by atoms with E-state index in [0.29, 0.717) is 18.4 Å². The van der Waals surface area contributed by atoms with Gasteiger partial charge in [-0.15, -0.1) is 0 Å². The van der Waals surface area contributed by atoms with Crippen LogP contribution in [0, 0.1) is 12.8 Å². The predicted octanol–water partition coefficient (Wildman–Crippen LogP) is 4.17. The van der Waals surface area contributed by atoms with Crippen molar-refractivity contribution in [1.29, 1.82) is 0 Å². The first-order valence-electron chi connectivity index (χ1n) is 5.91. The molecular formula is C14H17F3O. The van der Waals surface area contributed by atoms with Crippen molar-refractivity contribution in [3.05, 3.63) is 34.9 Å². The molecule has 0 heterocycles. The molecule has 4 heteroatoms. The minimum atomic E-state index is -4.31. The summed E-state index contributed by atoms with van der Waals surface area (Å²) < 4.78 is 37.4. The Morgan fingerprint density at radius 2 is 1.89 bits per heavy atom. The van der Waals surface area contributed by atoms with Crippen LogP contribution < -0.4 is 0 Å². The van der Waals surface area contributed by atoms with Gasteiger partial charge in [0.1, 0.15) is 5.78 Å². The van der Waals surface area contributed by atoms with Crippen LogP contribution in [0.4, 0.5) is 13.2 Å². The summed E-state index contributed by atoms with van der Waals surface area (Å²) in [7, 11) is 0. The van der Waals surface area contributed by atoms with E-state index in [1.54, 1.807) is 6.92 Å². The number of aryl methyl sites for hydroxylation is 2. The molecule has 0 unspecified atom stereocenters. The van der Waals surface area contributed by atoms with E-state index in [2.05, 4.69) is 0 Å². The van der Waals surface area contributed by atoms with Gasteiger partial charge in [0.05, 0.1) is 5.56 Å². The van der Waals surface area contributed by atoms with E-state index >= 15 is 0 Å². The van der Waals surface area contributed by atoms with E-state index in [9.17, 15) is 18.0 Å². The van der Waals surface area contributed by atoms with Crippen molar-refractivity contribution in [2.45, 2.75) is 39.8 Å². The fourth-order valence-electron chi connectivity index (χ4n) is 1.70. The molecule has 1 aromatic rings. The molecule has 100 valence electrons. The maximum atomic E-state index is 12.5. The number of hydrogen-bond acceptors (Lipinski definition) is 1. The van der Waals surface area contributed by atoms with Crippen molar-refractivity contribution in [2.24, 2.45) is 5.92 Å². The van der Waals surface area contributed by atoms with Crippen molar-refractivity contribution in [3.63, 3.8) is 0 Å². The largest absolute Gasteiger partial charge is 0.416 e. The Morgan fingerprint density at radius 1 is 1.28 bits per heavy atom. The molecule has 0 saturated heterocycles. The Morgan fingerprint density at radius 3 is 2.33 bits per heavy atom. The van der Waals surface area contributed by atoms with Gasteiger partial charge in [0.15, 0.2) is 0 Å². The Hall–Kier alpha value is -1.32. The molecular weight excluding hydrogens is 241 g/mol. The highest BCUT2D eigenvalue weighted by Crippen LogP contribution is 2.30. The first-order valence-corrected chi connectivity index (χ1v) is 5.91. The lowest BCUT2D eigenvalue weighted by Crippen LogP contribution is -2.09. The van der Waals surface area contributed by atoms with E-state index in [1.807, 2.05) is 13.8 Å². The van der Waals surface area contributed by atoms with Gasteiger partial charge in [0.25, 0.3) is 0 Å². The lowest BCUT2D eigenvalue weighted by atomic mass is 9.97. The molecule has 0 aliphatic rings. The third-order valence-electron chi connectivity index (χ3n) is 2.95. The average Bonchev–Trinajstić information content (AvgIpc) is 2.25. The first kappa shape index (κ1) is 14.7. The number of Topliss-reactive ketones (excluding diaryl/α,β-unsaturated/α-hetero) is 1. The number of hydrogen-bond donors (Lipinski definition) is 0. The maximum Gasteiger partial charge on any atom is 0.416 e. The Bertz CT molecular complexity index is 433. The van der Waals surface area contributed by atoms with Crippen molar-refractivity contribution >= 4 is 5.78 Å². The summed E-state index contributed by atoms with van der Waals surface area (Å²) >= 11 is 0. The fraction of sp³-hybridized carbons (Fsp3) is 0.500. The predicted molar refractivity (Wildman–Crippen MR) is 64.3 cm³/mol. The lowest BCUT2D eigenvalue weighted by molar-refractivity contribution is -0.137. The monoisotopic (exact) mass is 258 g/mol. The van der Waals surface area contributed by atoms with Crippen molar-refractivity contribution in [3.8, 4) is 0 Å². The van der Waals surface area contributed by atoms with Crippen LogP contribution in [0.2, 0.25) is 0 Å². The Labute approximate surface area is 105 Å². The second-order valence-electron chi connectivity index (χ2n) is 4.76. The summed E-state index contributed by atoms with van der Waals surface area (Å²) in [6.07, 6.45) is -3.43. The van der Waals surface area contributed by atoms with Crippen LogP contribution in [0.3, 0.4) is 0 Å². The normalized spacial score (nSPS) is 11.9. The van der Waals surface area contributed by atoms with Crippen molar-refractivity contribution < 1.29 is 18.0 Å². The maximum absolute atomic E-state index is 12.5. The van der Waals surface area contributed by atoms with Gasteiger partial charge in [-0.3, -0.25) is 4.79 Å². The summed E-state index contributed by atoms with van der Waals surface area (Å²) in [4.78, 5) is 11.5. The quantitative estimate of drug-likeness (QED) is 0.792. The molecule has 0 spiro atoms. The second-order valence-corrected chi connectivity index (χ2v) is 4.76. The van der Waals surface area contributed by atoms with E-state index in [-0.39, 0.29) is 11.7 Å². The topological polar surface area (TPSA) is 17.1 Å². The van der Waals surface area contributed by atoms with Gasteiger partial charge in [-0.05, 0) is 36.6 Å². The summed E-state index contributed by atoms with van der Waals surface area (Å²) in [6, 6.07) is 3.67. The molecule has 0 N–H and O–H groups in total. The minimum Gasteiger partial charge on any atom is -0.299 e. The van der Waals surface area contributed by atoms with Gasteiger partial charge < -0.3 is 0 Å². The molecule has 0 amide bonds. The van der Waals surface area contributed by atoms with Gasteiger partial charge >= 0.3 is 6.18 Å². The molecule has 0 bridgehead atoms. The van der Waals surface area contributed by atoms with Crippen LogP contribution in [-0.2, 0) is 17.4 Å². The van der Waals surface area contributed by atoms with Gasteiger partial charge in [-0.2, -0.15) is 13.2 Å². The number of alkyl halides is 3. The second kappa shape index (κ2) is 5.55. The summed E-state index contributed by atoms with van der Waals surface area (Å²) in [6.45, 7) is 5.29. The van der Waals surface area contributed by atoms with Crippen molar-refractivity contribution in [2.75, 3.05) is 0 Å². The van der Waals surface area contributed by atoms with E-state index in [4.69, 9.17) is 0 Å². The zero-order valence-corrected chi connectivity index (χ0v) is 10.8. The number of carbonyl (C=O) groups excluding carboxylic acids is 1. The molecule has 0 fully saturated rings. The Kier molecular flexibility index (Phi) is 4.54. The molecule has 0 aliphatic carbocycles. The first-order chi connectivity index (χ1) is 8.21. The molecule has 1 rings (SSSR count). The van der Waals surface area contributed by atoms with Crippen LogP contribution >= 0.6 is 0 Å². The van der Waals surface area contributed by atoms with Gasteiger partial charge in [0.2, 0.25) is 0 Å². The van der Waals surface area contributed by atoms with Crippen molar-refractivity contribution in [1.82, 2.24) is 0 Å². The highest BCUT2D eigenvalue weighted by atomic mass is 19.4. The zero-order chi connectivity index (χ0) is 13.9. The van der Waals surface area contributed by atoms with Crippen LogP contribution in [0.25, 0.3) is 0 Å². The van der Waals surface area contributed by atoms with Crippen LogP contribution in [-0.4, -0.2) is 5.78 Å². The molecule has 0 radical (unpaired) electrons. The molecule has 1 nitrogen and oxygen atoms in total. The zero-order valence-electron chi connectivity index (χ0n) is 10.8. The summed E-state index contributed by atoms with van der Waals surface area (Å²) in [5.74, 6) is 0.106. The molecule has 0 saturated carbocycles. The lowest BCUT2D eigenvalue weighted by Gasteiger charge is -2.11. The standard InChI is InChI=1S/C14H17F3O/c1-9(2)13(18)7-5-11-4-6-12(8-10(11)3)14(15,16)17/h4,6,8-9H,5,7H2,1-3H3. The summed E-state index contributed by atoms with van der Waals surface area (Å²) in [5.41, 5.74) is 0.748. The van der Waals surface area contributed by atoms with E-state index < -0.39 is 11.7 Å². The fourth-order valence-corrected chi connectivity index (χ4v) is 1.70. The number of benzene rings is 1. The highest BCUT2D eigenvalue weighted by Gasteiger charge is 2.30. The van der Waals surface area contributed by atoms with E-state index in [0.717, 1.165) is 17.7 Å². The molecule has 18 heavy (non-hydrogen) atoms.